The smallest absolute Gasteiger partial charge is 0.243 e. The van der Waals surface area contributed by atoms with Crippen LogP contribution in [0.1, 0.15) is 44.6 Å². The zero-order chi connectivity index (χ0) is 16.4. The number of carbonyl (C=O) groups is 1. The van der Waals surface area contributed by atoms with Gasteiger partial charge in [-0.25, -0.2) is 4.39 Å². The fourth-order valence-electron chi connectivity index (χ4n) is 4.11. The largest absolute Gasteiger partial charge is 0.341 e. The lowest BCUT2D eigenvalue weighted by atomic mass is 9.85. The van der Waals surface area contributed by atoms with Gasteiger partial charge >= 0.3 is 0 Å². The summed E-state index contributed by atoms with van der Waals surface area (Å²) in [4.78, 5) is 17.2. The van der Waals surface area contributed by atoms with Gasteiger partial charge in [0.2, 0.25) is 5.91 Å². The molecule has 1 aromatic carbocycles. The van der Waals surface area contributed by atoms with Gasteiger partial charge in [-0.05, 0) is 44.7 Å². The van der Waals surface area contributed by atoms with Crippen molar-refractivity contribution in [3.63, 3.8) is 0 Å². The van der Waals surface area contributed by atoms with Crippen molar-refractivity contribution in [3.05, 3.63) is 34.6 Å². The molecule has 2 saturated heterocycles. The maximum absolute atomic E-state index is 14.3. The molecule has 1 atom stereocenters. The molecule has 3 rings (SSSR count). The molecule has 0 radical (unpaired) electrons. The second kappa shape index (κ2) is 6.78. The topological polar surface area (TPSA) is 23.6 Å². The molecule has 1 spiro atoms. The van der Waals surface area contributed by atoms with Crippen LogP contribution in [0.5, 0.6) is 0 Å². The van der Waals surface area contributed by atoms with Crippen molar-refractivity contribution in [2.45, 2.75) is 51.1 Å². The van der Waals surface area contributed by atoms with Crippen molar-refractivity contribution in [1.82, 2.24) is 9.80 Å². The van der Waals surface area contributed by atoms with Gasteiger partial charge in [0, 0.05) is 25.2 Å². The van der Waals surface area contributed by atoms with E-state index in [4.69, 9.17) is 11.6 Å². The van der Waals surface area contributed by atoms with E-state index in [0.29, 0.717) is 12.1 Å². The molecule has 0 N–H and O–H groups in total. The van der Waals surface area contributed by atoms with Crippen LogP contribution in [0.15, 0.2) is 18.2 Å². The quantitative estimate of drug-likeness (QED) is 0.832. The SMILES string of the molecule is CCCN1CCCC2(CCCN2Cc2cccc(Cl)c2F)C1=O. The third-order valence-corrected chi connectivity index (χ3v) is 5.51. The Bertz CT molecular complexity index is 592. The lowest BCUT2D eigenvalue weighted by molar-refractivity contribution is -0.147. The Kier molecular flexibility index (Phi) is 4.93. The number of halogens is 2. The minimum absolute atomic E-state index is 0.151. The third kappa shape index (κ3) is 2.99. The van der Waals surface area contributed by atoms with Crippen molar-refractivity contribution in [3.8, 4) is 0 Å². The van der Waals surface area contributed by atoms with Gasteiger partial charge in [0.1, 0.15) is 11.4 Å². The second-order valence-corrected chi connectivity index (χ2v) is 7.07. The standard InChI is InChI=1S/C18H24ClFN2O/c1-2-10-21-11-4-8-18(17(21)23)9-5-12-22(18)13-14-6-3-7-15(19)16(14)20/h3,6-7H,2,4-5,8-13H2,1H3. The van der Waals surface area contributed by atoms with Gasteiger partial charge in [-0.2, -0.15) is 0 Å². The predicted octanol–water partition coefficient (Wildman–Crippen LogP) is 3.85. The molecule has 0 saturated carbocycles. The molecule has 2 heterocycles. The van der Waals surface area contributed by atoms with E-state index >= 15 is 0 Å². The first-order valence-corrected chi connectivity index (χ1v) is 8.93. The number of rotatable bonds is 4. The van der Waals surface area contributed by atoms with Gasteiger partial charge in [0.05, 0.1) is 5.02 Å². The molecular formula is C18H24ClFN2O. The minimum Gasteiger partial charge on any atom is -0.341 e. The van der Waals surface area contributed by atoms with Gasteiger partial charge in [-0.15, -0.1) is 0 Å². The first kappa shape index (κ1) is 16.7. The average molecular weight is 339 g/mol. The van der Waals surface area contributed by atoms with E-state index in [9.17, 15) is 9.18 Å². The van der Waals surface area contributed by atoms with Gasteiger partial charge in [0.25, 0.3) is 0 Å². The van der Waals surface area contributed by atoms with Crippen LogP contribution in [-0.2, 0) is 11.3 Å². The highest BCUT2D eigenvalue weighted by atomic mass is 35.5. The summed E-state index contributed by atoms with van der Waals surface area (Å²) in [5.41, 5.74) is 0.154. The number of likely N-dealkylation sites (tertiary alicyclic amines) is 2. The maximum Gasteiger partial charge on any atom is 0.243 e. The molecule has 1 aromatic rings. The first-order valence-electron chi connectivity index (χ1n) is 8.56. The van der Waals surface area contributed by atoms with Crippen molar-refractivity contribution >= 4 is 17.5 Å². The van der Waals surface area contributed by atoms with Crippen LogP contribution in [0.2, 0.25) is 5.02 Å². The third-order valence-electron chi connectivity index (χ3n) is 5.21. The zero-order valence-electron chi connectivity index (χ0n) is 13.7. The fraction of sp³-hybridized carbons (Fsp3) is 0.611. The van der Waals surface area contributed by atoms with E-state index < -0.39 is 5.54 Å². The molecule has 5 heteroatoms. The summed E-state index contributed by atoms with van der Waals surface area (Å²) in [5, 5.41) is 0.151. The molecule has 23 heavy (non-hydrogen) atoms. The van der Waals surface area contributed by atoms with Crippen molar-refractivity contribution in [2.24, 2.45) is 0 Å². The van der Waals surface area contributed by atoms with Gasteiger partial charge in [-0.3, -0.25) is 9.69 Å². The van der Waals surface area contributed by atoms with Crippen LogP contribution in [0.4, 0.5) is 4.39 Å². The van der Waals surface area contributed by atoms with Gasteiger partial charge < -0.3 is 4.90 Å². The number of hydrogen-bond acceptors (Lipinski definition) is 2. The fourth-order valence-corrected chi connectivity index (χ4v) is 4.31. The Hall–Kier alpha value is -1.13. The van der Waals surface area contributed by atoms with E-state index in [1.54, 1.807) is 18.2 Å². The highest BCUT2D eigenvalue weighted by Crippen LogP contribution is 2.39. The maximum atomic E-state index is 14.3. The number of amides is 1. The Morgan fingerprint density at radius 2 is 2.00 bits per heavy atom. The molecule has 3 nitrogen and oxygen atoms in total. The van der Waals surface area contributed by atoms with Gasteiger partial charge in [0.15, 0.2) is 0 Å². The molecule has 1 unspecified atom stereocenters. The van der Waals surface area contributed by atoms with E-state index in [1.807, 2.05) is 4.90 Å². The Morgan fingerprint density at radius 3 is 2.74 bits per heavy atom. The summed E-state index contributed by atoms with van der Waals surface area (Å²) in [6.07, 6.45) is 4.77. The summed E-state index contributed by atoms with van der Waals surface area (Å²) in [6.45, 7) is 5.08. The summed E-state index contributed by atoms with van der Waals surface area (Å²) in [6, 6.07) is 5.11. The molecule has 0 aromatic heterocycles. The zero-order valence-corrected chi connectivity index (χ0v) is 14.4. The van der Waals surface area contributed by atoms with E-state index in [2.05, 4.69) is 11.8 Å². The summed E-state index contributed by atoms with van der Waals surface area (Å²) >= 11 is 5.90. The molecule has 2 aliphatic rings. The summed E-state index contributed by atoms with van der Waals surface area (Å²) in [7, 11) is 0. The monoisotopic (exact) mass is 338 g/mol. The van der Waals surface area contributed by atoms with E-state index in [0.717, 1.165) is 51.7 Å². The molecule has 1 amide bonds. The van der Waals surface area contributed by atoms with Crippen LogP contribution in [0.25, 0.3) is 0 Å². The molecule has 2 aliphatic heterocycles. The van der Waals surface area contributed by atoms with Crippen molar-refractivity contribution in [1.29, 1.82) is 0 Å². The van der Waals surface area contributed by atoms with E-state index in [-0.39, 0.29) is 16.7 Å². The van der Waals surface area contributed by atoms with Crippen LogP contribution in [0, 0.1) is 5.82 Å². The molecule has 2 fully saturated rings. The Morgan fingerprint density at radius 1 is 1.26 bits per heavy atom. The number of hydrogen-bond donors (Lipinski definition) is 0. The number of nitrogens with zero attached hydrogens (tertiary/aromatic N) is 2. The molecular weight excluding hydrogens is 315 g/mol. The molecule has 0 aliphatic carbocycles. The normalized spacial score (nSPS) is 25.5. The van der Waals surface area contributed by atoms with Crippen LogP contribution < -0.4 is 0 Å². The highest BCUT2D eigenvalue weighted by molar-refractivity contribution is 6.30. The highest BCUT2D eigenvalue weighted by Gasteiger charge is 2.50. The van der Waals surface area contributed by atoms with Crippen molar-refractivity contribution < 1.29 is 9.18 Å². The predicted molar refractivity (Wildman–Crippen MR) is 89.9 cm³/mol. The molecule has 126 valence electrons. The number of carbonyl (C=O) groups excluding carboxylic acids is 1. The average Bonchev–Trinajstić information content (AvgIpc) is 2.92. The second-order valence-electron chi connectivity index (χ2n) is 6.67. The van der Waals surface area contributed by atoms with Crippen LogP contribution in [0.3, 0.4) is 0 Å². The summed E-state index contributed by atoms with van der Waals surface area (Å²) in [5.74, 6) is -0.115. The lowest BCUT2D eigenvalue weighted by Crippen LogP contribution is -2.59. The number of piperidine rings is 1. The van der Waals surface area contributed by atoms with Gasteiger partial charge in [-0.1, -0.05) is 30.7 Å². The Balaban J connectivity index is 1.84. The lowest BCUT2D eigenvalue weighted by Gasteiger charge is -2.44. The Labute approximate surface area is 142 Å². The number of benzene rings is 1. The minimum atomic E-state index is -0.428. The summed E-state index contributed by atoms with van der Waals surface area (Å²) < 4.78 is 14.3. The molecule has 0 bridgehead atoms. The van der Waals surface area contributed by atoms with Crippen molar-refractivity contribution in [2.75, 3.05) is 19.6 Å². The van der Waals surface area contributed by atoms with Crippen LogP contribution in [-0.4, -0.2) is 40.9 Å². The van der Waals surface area contributed by atoms with Crippen LogP contribution >= 0.6 is 11.6 Å². The first-order chi connectivity index (χ1) is 11.1. The van der Waals surface area contributed by atoms with E-state index in [1.165, 1.54) is 0 Å².